The molecule has 0 aliphatic heterocycles. The van der Waals surface area contributed by atoms with Gasteiger partial charge in [-0.1, -0.05) is 44.0 Å². The summed E-state index contributed by atoms with van der Waals surface area (Å²) in [5, 5.41) is 4.54. The minimum absolute atomic E-state index is 0.687. The highest BCUT2D eigenvalue weighted by Crippen LogP contribution is 2.33. The summed E-state index contributed by atoms with van der Waals surface area (Å²) in [6.07, 6.45) is 6.57. The molecule has 3 atom stereocenters. The van der Waals surface area contributed by atoms with Crippen LogP contribution in [0.5, 0.6) is 0 Å². The molecule has 3 unspecified atom stereocenters. The van der Waals surface area contributed by atoms with Gasteiger partial charge in [0.25, 0.3) is 0 Å². The molecule has 0 spiro atoms. The number of hydrogen-bond donors (Lipinski definition) is 1. The second-order valence-corrected chi connectivity index (χ2v) is 6.28. The number of hydrogen-bond acceptors (Lipinski definition) is 1. The van der Waals surface area contributed by atoms with Gasteiger partial charge in [0, 0.05) is 11.1 Å². The number of benzene rings is 1. The minimum atomic E-state index is 0.687. The Labute approximate surface area is 122 Å². The van der Waals surface area contributed by atoms with Gasteiger partial charge in [0.15, 0.2) is 0 Å². The molecule has 0 radical (unpaired) electrons. The maximum Gasteiger partial charge on any atom is 0.0408 e. The van der Waals surface area contributed by atoms with E-state index in [-0.39, 0.29) is 0 Å². The normalized spacial score (nSPS) is 27.4. The fourth-order valence-corrected chi connectivity index (χ4v) is 3.67. The van der Waals surface area contributed by atoms with Crippen molar-refractivity contribution in [2.45, 2.75) is 52.0 Å². The highest BCUT2D eigenvalue weighted by atomic mass is 35.5. The van der Waals surface area contributed by atoms with Crippen LogP contribution in [-0.2, 0) is 6.42 Å². The molecule has 0 amide bonds. The fraction of sp³-hybridized carbons (Fsp3) is 0.647. The van der Waals surface area contributed by atoms with Crippen molar-refractivity contribution in [1.82, 2.24) is 5.32 Å². The molecule has 1 saturated carbocycles. The van der Waals surface area contributed by atoms with Gasteiger partial charge in [0.05, 0.1) is 0 Å². The van der Waals surface area contributed by atoms with Crippen LogP contribution < -0.4 is 5.32 Å². The summed E-state index contributed by atoms with van der Waals surface area (Å²) in [4.78, 5) is 0. The molecule has 19 heavy (non-hydrogen) atoms. The zero-order valence-corrected chi connectivity index (χ0v) is 12.9. The predicted octanol–water partition coefficient (Wildman–Crippen LogP) is 4.69. The summed E-state index contributed by atoms with van der Waals surface area (Å²) < 4.78 is 0. The van der Waals surface area contributed by atoms with Crippen LogP contribution >= 0.6 is 11.6 Å². The Bertz CT molecular complexity index is 391. The zero-order chi connectivity index (χ0) is 13.7. The summed E-state index contributed by atoms with van der Waals surface area (Å²) in [6.45, 7) is 5.62. The minimum Gasteiger partial charge on any atom is -0.314 e. The molecule has 0 aromatic heterocycles. The average Bonchev–Trinajstić information content (AvgIpc) is 2.41. The lowest BCUT2D eigenvalue weighted by molar-refractivity contribution is 0.200. The first-order chi connectivity index (χ1) is 9.22. The SMILES string of the molecule is CCNC1CCC(CC)CC1Cc1cccc(Cl)c1. The van der Waals surface area contributed by atoms with E-state index < -0.39 is 0 Å². The predicted molar refractivity (Wildman–Crippen MR) is 83.7 cm³/mol. The Kier molecular flexibility index (Phi) is 5.72. The Hall–Kier alpha value is -0.530. The van der Waals surface area contributed by atoms with Crippen molar-refractivity contribution in [3.8, 4) is 0 Å². The van der Waals surface area contributed by atoms with Crippen molar-refractivity contribution in [2.24, 2.45) is 11.8 Å². The molecule has 0 bridgehead atoms. The van der Waals surface area contributed by atoms with Crippen molar-refractivity contribution in [1.29, 1.82) is 0 Å². The molecular weight excluding hydrogens is 254 g/mol. The van der Waals surface area contributed by atoms with E-state index in [0.717, 1.165) is 29.8 Å². The maximum absolute atomic E-state index is 6.10. The molecule has 1 N–H and O–H groups in total. The Morgan fingerprint density at radius 3 is 2.79 bits per heavy atom. The van der Waals surface area contributed by atoms with Gasteiger partial charge in [0.2, 0.25) is 0 Å². The molecule has 1 nitrogen and oxygen atoms in total. The Balaban J connectivity index is 2.04. The molecule has 1 fully saturated rings. The third-order valence-electron chi connectivity index (χ3n) is 4.52. The smallest absolute Gasteiger partial charge is 0.0408 e. The van der Waals surface area contributed by atoms with Crippen LogP contribution in [0.15, 0.2) is 24.3 Å². The van der Waals surface area contributed by atoms with E-state index >= 15 is 0 Å². The number of halogens is 1. The molecule has 2 rings (SSSR count). The van der Waals surface area contributed by atoms with Crippen LogP contribution in [-0.4, -0.2) is 12.6 Å². The van der Waals surface area contributed by atoms with E-state index in [1.807, 2.05) is 6.07 Å². The van der Waals surface area contributed by atoms with Crippen LogP contribution in [0.2, 0.25) is 5.02 Å². The van der Waals surface area contributed by atoms with Gasteiger partial charge in [-0.2, -0.15) is 0 Å². The largest absolute Gasteiger partial charge is 0.314 e. The molecule has 1 aliphatic carbocycles. The molecule has 2 heteroatoms. The quantitative estimate of drug-likeness (QED) is 0.825. The van der Waals surface area contributed by atoms with E-state index in [4.69, 9.17) is 11.6 Å². The standard InChI is InChI=1S/C17H26ClN/c1-3-13-8-9-17(19-4-2)15(10-13)11-14-6-5-7-16(18)12-14/h5-7,12-13,15,17,19H,3-4,8-11H2,1-2H3. The highest BCUT2D eigenvalue weighted by Gasteiger charge is 2.29. The van der Waals surface area contributed by atoms with Crippen LogP contribution in [0.1, 0.15) is 45.1 Å². The molecular formula is C17H26ClN. The first-order valence-electron chi connectivity index (χ1n) is 7.70. The van der Waals surface area contributed by atoms with Crippen molar-refractivity contribution in [3.05, 3.63) is 34.9 Å². The Morgan fingerprint density at radius 2 is 2.11 bits per heavy atom. The Morgan fingerprint density at radius 1 is 1.26 bits per heavy atom. The van der Waals surface area contributed by atoms with Gasteiger partial charge in [-0.25, -0.2) is 0 Å². The van der Waals surface area contributed by atoms with Crippen molar-refractivity contribution in [2.75, 3.05) is 6.54 Å². The van der Waals surface area contributed by atoms with Crippen molar-refractivity contribution >= 4 is 11.6 Å². The van der Waals surface area contributed by atoms with E-state index in [2.05, 4.69) is 37.4 Å². The van der Waals surface area contributed by atoms with Gasteiger partial charge < -0.3 is 5.32 Å². The monoisotopic (exact) mass is 279 g/mol. The second-order valence-electron chi connectivity index (χ2n) is 5.85. The first-order valence-corrected chi connectivity index (χ1v) is 8.08. The summed E-state index contributed by atoms with van der Waals surface area (Å²) in [5.41, 5.74) is 1.39. The summed E-state index contributed by atoms with van der Waals surface area (Å²) in [6, 6.07) is 9.06. The number of nitrogens with one attached hydrogen (secondary N) is 1. The summed E-state index contributed by atoms with van der Waals surface area (Å²) in [7, 11) is 0. The molecule has 106 valence electrons. The lowest BCUT2D eigenvalue weighted by Crippen LogP contribution is -2.41. The summed E-state index contributed by atoms with van der Waals surface area (Å²) >= 11 is 6.10. The van der Waals surface area contributed by atoms with Gasteiger partial charge in [0.1, 0.15) is 0 Å². The van der Waals surface area contributed by atoms with Crippen molar-refractivity contribution in [3.63, 3.8) is 0 Å². The van der Waals surface area contributed by atoms with E-state index in [1.165, 1.54) is 31.2 Å². The third kappa shape index (κ3) is 4.22. The van der Waals surface area contributed by atoms with Gasteiger partial charge in [-0.05, 0) is 61.8 Å². The fourth-order valence-electron chi connectivity index (χ4n) is 3.46. The van der Waals surface area contributed by atoms with E-state index in [0.29, 0.717) is 6.04 Å². The number of rotatable bonds is 5. The van der Waals surface area contributed by atoms with Gasteiger partial charge >= 0.3 is 0 Å². The van der Waals surface area contributed by atoms with Gasteiger partial charge in [-0.15, -0.1) is 0 Å². The molecule has 1 aromatic carbocycles. The lowest BCUT2D eigenvalue weighted by Gasteiger charge is -2.36. The van der Waals surface area contributed by atoms with Crippen LogP contribution in [0.3, 0.4) is 0 Å². The molecule has 1 aromatic rings. The lowest BCUT2D eigenvalue weighted by atomic mass is 9.74. The molecule has 0 saturated heterocycles. The average molecular weight is 280 g/mol. The maximum atomic E-state index is 6.10. The second kappa shape index (κ2) is 7.31. The van der Waals surface area contributed by atoms with Gasteiger partial charge in [-0.3, -0.25) is 0 Å². The third-order valence-corrected chi connectivity index (χ3v) is 4.76. The summed E-state index contributed by atoms with van der Waals surface area (Å²) in [5.74, 6) is 1.68. The highest BCUT2D eigenvalue weighted by molar-refractivity contribution is 6.30. The van der Waals surface area contributed by atoms with E-state index in [1.54, 1.807) is 0 Å². The van der Waals surface area contributed by atoms with E-state index in [9.17, 15) is 0 Å². The van der Waals surface area contributed by atoms with Crippen LogP contribution in [0.25, 0.3) is 0 Å². The zero-order valence-electron chi connectivity index (χ0n) is 12.2. The van der Waals surface area contributed by atoms with Crippen molar-refractivity contribution < 1.29 is 0 Å². The first kappa shape index (κ1) is 14.9. The topological polar surface area (TPSA) is 12.0 Å². The van der Waals surface area contributed by atoms with Crippen LogP contribution in [0, 0.1) is 11.8 Å². The van der Waals surface area contributed by atoms with Crippen LogP contribution in [0.4, 0.5) is 0 Å². The molecule has 1 aliphatic rings. The molecule has 0 heterocycles.